The van der Waals surface area contributed by atoms with Crippen molar-refractivity contribution in [3.8, 4) is 0 Å². The van der Waals surface area contributed by atoms with Gasteiger partial charge in [-0.2, -0.15) is 5.10 Å². The minimum absolute atomic E-state index is 0.218. The molecule has 0 spiro atoms. The average Bonchev–Trinajstić information content (AvgIpc) is 2.74. The molecule has 0 unspecified atom stereocenters. The van der Waals surface area contributed by atoms with Crippen LogP contribution in [0.5, 0.6) is 0 Å². The zero-order valence-electron chi connectivity index (χ0n) is 12.3. The Labute approximate surface area is 125 Å². The third kappa shape index (κ3) is 1.89. The number of allylic oxidation sites excluding steroid dienone is 2. The minimum atomic E-state index is 0.218. The number of benzene rings is 1. The quantitative estimate of drug-likeness (QED) is 0.638. The Kier molecular flexibility index (Phi) is 3.17. The van der Waals surface area contributed by atoms with Crippen LogP contribution in [0.2, 0.25) is 5.02 Å². The minimum Gasteiger partial charge on any atom is -0.282 e. The largest absolute Gasteiger partial charge is 0.282 e. The van der Waals surface area contributed by atoms with Crippen LogP contribution in [-0.2, 0) is 0 Å². The molecule has 2 aliphatic rings. The van der Waals surface area contributed by atoms with Crippen LogP contribution in [0.1, 0.15) is 39.2 Å². The molecule has 1 aromatic rings. The predicted octanol–water partition coefficient (Wildman–Crippen LogP) is 4.60. The van der Waals surface area contributed by atoms with Crippen molar-refractivity contribution < 1.29 is 0 Å². The van der Waals surface area contributed by atoms with Crippen LogP contribution in [0.3, 0.4) is 0 Å². The molecule has 3 rings (SSSR count). The SMILES string of the molecule is CC1(C)[C@@H]2C=C(NN=Cc3ccccc3Cl)[C@@]1(C)CC2. The second-order valence-electron chi connectivity index (χ2n) is 6.67. The van der Waals surface area contributed by atoms with Crippen LogP contribution >= 0.6 is 11.6 Å². The van der Waals surface area contributed by atoms with Gasteiger partial charge in [0.1, 0.15) is 0 Å². The molecule has 0 aromatic heterocycles. The molecular weight excluding hydrogens is 268 g/mol. The van der Waals surface area contributed by atoms with Crippen LogP contribution < -0.4 is 5.43 Å². The first kappa shape index (κ1) is 13.7. The van der Waals surface area contributed by atoms with Gasteiger partial charge >= 0.3 is 0 Å². The number of hydrazone groups is 1. The van der Waals surface area contributed by atoms with Crippen LogP contribution in [0, 0.1) is 16.7 Å². The van der Waals surface area contributed by atoms with Crippen molar-refractivity contribution in [3.05, 3.63) is 46.6 Å². The molecule has 2 nitrogen and oxygen atoms in total. The van der Waals surface area contributed by atoms with E-state index in [1.54, 1.807) is 6.21 Å². The summed E-state index contributed by atoms with van der Waals surface area (Å²) in [4.78, 5) is 0. The normalized spacial score (nSPS) is 30.8. The fourth-order valence-corrected chi connectivity index (χ4v) is 3.79. The first-order valence-electron chi connectivity index (χ1n) is 7.21. The van der Waals surface area contributed by atoms with E-state index in [-0.39, 0.29) is 5.41 Å². The van der Waals surface area contributed by atoms with Crippen molar-refractivity contribution in [2.24, 2.45) is 21.8 Å². The van der Waals surface area contributed by atoms with Crippen LogP contribution in [0.4, 0.5) is 0 Å². The molecule has 1 aromatic carbocycles. The number of rotatable bonds is 3. The van der Waals surface area contributed by atoms with Gasteiger partial charge in [0.25, 0.3) is 0 Å². The van der Waals surface area contributed by atoms with E-state index >= 15 is 0 Å². The Morgan fingerprint density at radius 2 is 2.05 bits per heavy atom. The maximum atomic E-state index is 6.12. The molecule has 0 aliphatic heterocycles. The number of hydrogen-bond donors (Lipinski definition) is 1. The van der Waals surface area contributed by atoms with Crippen molar-refractivity contribution in [3.63, 3.8) is 0 Å². The monoisotopic (exact) mass is 288 g/mol. The summed E-state index contributed by atoms with van der Waals surface area (Å²) in [5.74, 6) is 0.672. The molecule has 0 heterocycles. The van der Waals surface area contributed by atoms with E-state index in [2.05, 4.69) is 37.4 Å². The van der Waals surface area contributed by atoms with Gasteiger partial charge in [0.05, 0.1) is 6.21 Å². The number of nitrogens with zero attached hydrogens (tertiary/aromatic N) is 1. The van der Waals surface area contributed by atoms with Gasteiger partial charge in [0.2, 0.25) is 0 Å². The number of fused-ring (bicyclic) bond motifs is 2. The highest BCUT2D eigenvalue weighted by atomic mass is 35.5. The van der Waals surface area contributed by atoms with Crippen molar-refractivity contribution in [1.82, 2.24) is 5.43 Å². The fourth-order valence-electron chi connectivity index (χ4n) is 3.61. The maximum Gasteiger partial charge on any atom is 0.0559 e. The highest BCUT2D eigenvalue weighted by Gasteiger charge is 2.57. The molecule has 1 fully saturated rings. The molecule has 2 bridgehead atoms. The van der Waals surface area contributed by atoms with E-state index in [0.29, 0.717) is 11.3 Å². The molecule has 1 saturated carbocycles. The lowest BCUT2D eigenvalue weighted by Crippen LogP contribution is -2.33. The van der Waals surface area contributed by atoms with E-state index in [4.69, 9.17) is 11.6 Å². The average molecular weight is 289 g/mol. The summed E-state index contributed by atoms with van der Waals surface area (Å²) in [5.41, 5.74) is 6.01. The fraction of sp³-hybridized carbons (Fsp3) is 0.471. The lowest BCUT2D eigenvalue weighted by molar-refractivity contribution is 0.164. The molecule has 1 N–H and O–H groups in total. The molecular formula is C17H21ClN2. The van der Waals surface area contributed by atoms with Crippen molar-refractivity contribution in [1.29, 1.82) is 0 Å². The molecule has 2 aliphatic carbocycles. The summed E-state index contributed by atoms with van der Waals surface area (Å²) in [6, 6.07) is 7.74. The summed E-state index contributed by atoms with van der Waals surface area (Å²) >= 11 is 6.12. The predicted molar refractivity (Wildman–Crippen MR) is 84.9 cm³/mol. The van der Waals surface area contributed by atoms with Crippen LogP contribution in [0.25, 0.3) is 0 Å². The lowest BCUT2D eigenvalue weighted by atomic mass is 9.69. The Morgan fingerprint density at radius 3 is 2.65 bits per heavy atom. The Bertz CT molecular complexity index is 588. The van der Waals surface area contributed by atoms with Gasteiger partial charge < -0.3 is 0 Å². The zero-order valence-corrected chi connectivity index (χ0v) is 13.0. The van der Waals surface area contributed by atoms with Gasteiger partial charge in [-0.15, -0.1) is 0 Å². The van der Waals surface area contributed by atoms with E-state index < -0.39 is 0 Å². The first-order valence-corrected chi connectivity index (χ1v) is 7.59. The van der Waals surface area contributed by atoms with E-state index in [0.717, 1.165) is 10.6 Å². The van der Waals surface area contributed by atoms with Gasteiger partial charge in [0, 0.05) is 21.7 Å². The molecule has 0 radical (unpaired) electrons. The van der Waals surface area contributed by atoms with E-state index in [9.17, 15) is 0 Å². The van der Waals surface area contributed by atoms with Crippen LogP contribution in [0.15, 0.2) is 41.1 Å². The van der Waals surface area contributed by atoms with Crippen LogP contribution in [-0.4, -0.2) is 6.21 Å². The lowest BCUT2D eigenvalue weighted by Gasteiger charge is -2.36. The summed E-state index contributed by atoms with van der Waals surface area (Å²) in [6.45, 7) is 7.09. The third-order valence-corrected chi connectivity index (χ3v) is 5.90. The van der Waals surface area contributed by atoms with Gasteiger partial charge in [0.15, 0.2) is 0 Å². The maximum absolute atomic E-state index is 6.12. The molecule has 2 atom stereocenters. The van der Waals surface area contributed by atoms with Gasteiger partial charge in [-0.1, -0.05) is 56.6 Å². The topological polar surface area (TPSA) is 24.4 Å². The molecule has 3 heteroatoms. The molecule has 20 heavy (non-hydrogen) atoms. The second kappa shape index (κ2) is 4.63. The van der Waals surface area contributed by atoms with Gasteiger partial charge in [-0.3, -0.25) is 5.43 Å². The Balaban J connectivity index is 1.75. The molecule has 0 amide bonds. The van der Waals surface area contributed by atoms with E-state index in [1.165, 1.54) is 18.5 Å². The Morgan fingerprint density at radius 1 is 1.30 bits per heavy atom. The summed E-state index contributed by atoms with van der Waals surface area (Å²) in [7, 11) is 0. The molecule has 0 saturated heterocycles. The zero-order chi connectivity index (χ0) is 14.4. The standard InChI is InChI=1S/C17H21ClN2/c1-16(2)13-8-9-17(16,3)15(10-13)20-19-11-12-6-4-5-7-14(12)18/h4-7,10-11,13,20H,8-9H2,1-3H3/t13-,17+/m0/s1. The van der Waals surface area contributed by atoms with Gasteiger partial charge in [-0.05, 0) is 30.2 Å². The number of halogens is 1. The highest BCUT2D eigenvalue weighted by Crippen LogP contribution is 2.64. The smallest absolute Gasteiger partial charge is 0.0559 e. The Hall–Kier alpha value is -1.28. The van der Waals surface area contributed by atoms with E-state index in [1.807, 2.05) is 24.3 Å². The summed E-state index contributed by atoms with van der Waals surface area (Å²) in [6.07, 6.45) is 6.70. The summed E-state index contributed by atoms with van der Waals surface area (Å²) in [5, 5.41) is 5.11. The van der Waals surface area contributed by atoms with Crippen molar-refractivity contribution in [2.75, 3.05) is 0 Å². The highest BCUT2D eigenvalue weighted by molar-refractivity contribution is 6.33. The van der Waals surface area contributed by atoms with Crippen molar-refractivity contribution in [2.45, 2.75) is 33.6 Å². The van der Waals surface area contributed by atoms with Crippen molar-refractivity contribution >= 4 is 17.8 Å². The number of hydrogen-bond acceptors (Lipinski definition) is 2. The molecule has 106 valence electrons. The third-order valence-electron chi connectivity index (χ3n) is 5.56. The summed E-state index contributed by atoms with van der Waals surface area (Å²) < 4.78 is 0. The number of nitrogens with one attached hydrogen (secondary N) is 1. The second-order valence-corrected chi connectivity index (χ2v) is 7.08. The first-order chi connectivity index (χ1) is 9.45. The van der Waals surface area contributed by atoms with Gasteiger partial charge in [-0.25, -0.2) is 0 Å².